The van der Waals surface area contributed by atoms with Crippen LogP contribution in [0.25, 0.3) is 0 Å². The molecule has 0 heterocycles. The quantitative estimate of drug-likeness (QED) is 0.712. The molecular weight excluding hydrogens is 293 g/mol. The predicted molar refractivity (Wildman–Crippen MR) is 28.0 cm³/mol. The van der Waals surface area contributed by atoms with Crippen molar-refractivity contribution in [3.8, 4) is 0 Å². The molecule has 2 atom stereocenters. The maximum absolute atomic E-state index is 8.69. The summed E-state index contributed by atoms with van der Waals surface area (Å²) in [4.78, 5) is 0. The molecule has 2 N–H and O–H groups in total. The van der Waals surface area contributed by atoms with Gasteiger partial charge in [-0.3, -0.25) is 0 Å². The third kappa shape index (κ3) is 5.00. The third-order valence-electron chi connectivity index (χ3n) is 0.975. The van der Waals surface area contributed by atoms with Crippen molar-refractivity contribution < 1.29 is 37.9 Å². The summed E-state index contributed by atoms with van der Waals surface area (Å²) in [7, 11) is 0. The van der Waals surface area contributed by atoms with Crippen LogP contribution in [0, 0.1) is 0 Å². The maximum Gasteiger partial charge on any atom is 0.0793 e. The monoisotopic (exact) mass is 306 g/mol. The molecule has 0 aliphatic heterocycles. The first kappa shape index (κ1) is 11.6. The topological polar surface area (TPSA) is 40.5 Å². The van der Waals surface area contributed by atoms with Crippen LogP contribution >= 0.6 is 0 Å². The smallest absolute Gasteiger partial charge is 0.0793 e. The van der Waals surface area contributed by atoms with E-state index in [0.29, 0.717) is 6.42 Å². The van der Waals surface area contributed by atoms with Crippen molar-refractivity contribution in [2.45, 2.75) is 32.5 Å². The summed E-state index contributed by atoms with van der Waals surface area (Å²) in [6, 6.07) is 0. The van der Waals surface area contributed by atoms with E-state index >= 15 is 0 Å². The van der Waals surface area contributed by atoms with Crippen molar-refractivity contribution in [1.82, 2.24) is 0 Å². The molecule has 3 heteroatoms. The molecule has 0 saturated carbocycles. The molecule has 0 rings (SSSR count). The SMILES string of the molecule is CCC(O)C(C)O.[Hg]. The molecule has 8 heavy (non-hydrogen) atoms. The van der Waals surface area contributed by atoms with Gasteiger partial charge in [-0.05, 0) is 13.3 Å². The maximum atomic E-state index is 8.69. The first-order valence-corrected chi connectivity index (χ1v) is 2.54. The fraction of sp³-hybridized carbons (Fsp3) is 1.00. The molecule has 46 valence electrons. The van der Waals surface area contributed by atoms with Gasteiger partial charge in [0.2, 0.25) is 0 Å². The molecule has 0 spiro atoms. The van der Waals surface area contributed by atoms with Gasteiger partial charge in [-0.1, -0.05) is 6.92 Å². The van der Waals surface area contributed by atoms with Crippen molar-refractivity contribution >= 4 is 0 Å². The van der Waals surface area contributed by atoms with Crippen molar-refractivity contribution in [1.29, 1.82) is 0 Å². The van der Waals surface area contributed by atoms with Crippen LogP contribution in [-0.2, 0) is 27.7 Å². The number of hydrogen-bond acceptors (Lipinski definition) is 2. The van der Waals surface area contributed by atoms with Gasteiger partial charge in [0.15, 0.2) is 0 Å². The van der Waals surface area contributed by atoms with Crippen LogP contribution in [0.15, 0.2) is 0 Å². The standard InChI is InChI=1S/C5H12O2.Hg/c1-3-5(7)4(2)6;/h4-7H,3H2,1-2H3;. The van der Waals surface area contributed by atoms with Gasteiger partial charge in [-0.2, -0.15) is 0 Å². The molecule has 0 aromatic rings. The van der Waals surface area contributed by atoms with Crippen LogP contribution in [0.4, 0.5) is 0 Å². The summed E-state index contributed by atoms with van der Waals surface area (Å²) < 4.78 is 0. The first-order valence-electron chi connectivity index (χ1n) is 2.54. The summed E-state index contributed by atoms with van der Waals surface area (Å²) in [5.74, 6) is 0. The van der Waals surface area contributed by atoms with Gasteiger partial charge in [-0.15, -0.1) is 0 Å². The summed E-state index contributed by atoms with van der Waals surface area (Å²) in [6.45, 7) is 3.41. The van der Waals surface area contributed by atoms with E-state index in [-0.39, 0.29) is 27.7 Å². The molecule has 0 aromatic carbocycles. The van der Waals surface area contributed by atoms with Crippen LogP contribution in [-0.4, -0.2) is 22.4 Å². The molecule has 0 fully saturated rings. The zero-order valence-corrected chi connectivity index (χ0v) is 11.0. The zero-order valence-electron chi connectivity index (χ0n) is 5.46. The third-order valence-corrected chi connectivity index (χ3v) is 0.975. The van der Waals surface area contributed by atoms with Gasteiger partial charge in [-0.25, -0.2) is 0 Å². The van der Waals surface area contributed by atoms with Crippen LogP contribution in [0.2, 0.25) is 0 Å². The molecule has 2 unspecified atom stereocenters. The number of aliphatic hydroxyl groups excluding tert-OH is 2. The van der Waals surface area contributed by atoms with Crippen LogP contribution in [0.5, 0.6) is 0 Å². The summed E-state index contributed by atoms with van der Waals surface area (Å²) in [6.07, 6.45) is -0.498. The largest absolute Gasteiger partial charge is 0.391 e. The number of rotatable bonds is 2. The van der Waals surface area contributed by atoms with E-state index in [2.05, 4.69) is 0 Å². The number of hydrogen-bond donors (Lipinski definition) is 2. The minimum Gasteiger partial charge on any atom is -0.391 e. The van der Waals surface area contributed by atoms with Crippen LogP contribution < -0.4 is 0 Å². The Morgan fingerprint density at radius 1 is 1.38 bits per heavy atom. The molecule has 0 aromatic heterocycles. The molecule has 0 aliphatic rings. The zero-order chi connectivity index (χ0) is 5.86. The summed E-state index contributed by atoms with van der Waals surface area (Å²) >= 11 is 0. The van der Waals surface area contributed by atoms with Crippen LogP contribution in [0.3, 0.4) is 0 Å². The molecule has 0 aliphatic carbocycles. The van der Waals surface area contributed by atoms with Crippen molar-refractivity contribution in [3.63, 3.8) is 0 Å². The van der Waals surface area contributed by atoms with Crippen molar-refractivity contribution in [3.05, 3.63) is 0 Å². The minimum absolute atomic E-state index is 0. The Morgan fingerprint density at radius 3 is 1.75 bits per heavy atom. The normalized spacial score (nSPS) is 16.5. The van der Waals surface area contributed by atoms with Crippen molar-refractivity contribution in [2.75, 3.05) is 0 Å². The van der Waals surface area contributed by atoms with E-state index in [1.807, 2.05) is 6.92 Å². The van der Waals surface area contributed by atoms with Gasteiger partial charge in [0.05, 0.1) is 12.2 Å². The van der Waals surface area contributed by atoms with E-state index < -0.39 is 12.2 Å². The summed E-state index contributed by atoms with van der Waals surface area (Å²) in [5.41, 5.74) is 0. The second-order valence-electron chi connectivity index (χ2n) is 1.72. The summed E-state index contributed by atoms with van der Waals surface area (Å²) in [5, 5.41) is 17.3. The fourth-order valence-corrected chi connectivity index (χ4v) is 0.341. The predicted octanol–water partition coefficient (Wildman–Crippen LogP) is 0.136. The Kier molecular flexibility index (Phi) is 8.69. The fourth-order valence-electron chi connectivity index (χ4n) is 0.341. The van der Waals surface area contributed by atoms with Crippen molar-refractivity contribution in [2.24, 2.45) is 0 Å². The Balaban J connectivity index is 0. The molecule has 0 radical (unpaired) electrons. The molecule has 0 bridgehead atoms. The first-order chi connectivity index (χ1) is 3.18. The Hall–Kier alpha value is 0.855. The molecule has 2 nitrogen and oxygen atoms in total. The van der Waals surface area contributed by atoms with E-state index in [9.17, 15) is 0 Å². The average molecular weight is 305 g/mol. The second kappa shape index (κ2) is 5.98. The molecule has 0 saturated heterocycles. The van der Waals surface area contributed by atoms with Gasteiger partial charge in [0.25, 0.3) is 0 Å². The Labute approximate surface area is 70.4 Å². The molecular formula is C5H12HgO2. The van der Waals surface area contributed by atoms with Gasteiger partial charge < -0.3 is 10.2 Å². The van der Waals surface area contributed by atoms with E-state index in [1.165, 1.54) is 0 Å². The second-order valence-corrected chi connectivity index (χ2v) is 1.72. The van der Waals surface area contributed by atoms with E-state index in [4.69, 9.17) is 10.2 Å². The van der Waals surface area contributed by atoms with Gasteiger partial charge in [0.1, 0.15) is 0 Å². The number of aliphatic hydroxyl groups is 2. The Bertz CT molecular complexity index is 47.7. The van der Waals surface area contributed by atoms with Gasteiger partial charge in [0, 0.05) is 27.7 Å². The van der Waals surface area contributed by atoms with E-state index in [1.54, 1.807) is 6.92 Å². The van der Waals surface area contributed by atoms with Gasteiger partial charge >= 0.3 is 0 Å². The Morgan fingerprint density at radius 2 is 1.75 bits per heavy atom. The average Bonchev–Trinajstić information content (AvgIpc) is 1.65. The minimum atomic E-state index is -0.579. The van der Waals surface area contributed by atoms with Crippen LogP contribution in [0.1, 0.15) is 20.3 Å². The van der Waals surface area contributed by atoms with E-state index in [0.717, 1.165) is 0 Å². The molecule has 0 amide bonds.